The van der Waals surface area contributed by atoms with Crippen LogP contribution in [0, 0.1) is 0 Å². The van der Waals surface area contributed by atoms with Gasteiger partial charge in [-0.3, -0.25) is 4.79 Å². The van der Waals surface area contributed by atoms with Crippen molar-refractivity contribution in [2.24, 2.45) is 0 Å². The Bertz CT molecular complexity index is 400. The van der Waals surface area contributed by atoms with E-state index in [1.807, 2.05) is 6.92 Å². The second kappa shape index (κ2) is 5.38. The maximum Gasteiger partial charge on any atom is 0.290 e. The number of carbonyl (C=O) groups is 1. The number of carbonyl (C=O) groups excluding carboxylic acids is 1. The van der Waals surface area contributed by atoms with E-state index in [9.17, 15) is 4.79 Å². The standard InChI is InChI=1S/C11H15N3O3/c1-2-8(10-12-3-4-13-10)14-11(15)9-7-16-5-6-17-9/h3-4,7-8H,2,5-6H2,1H3,(H,12,13)(H,14,15). The van der Waals surface area contributed by atoms with Crippen LogP contribution in [0.15, 0.2) is 24.4 Å². The Morgan fingerprint density at radius 3 is 3.12 bits per heavy atom. The molecular formula is C11H15N3O3. The van der Waals surface area contributed by atoms with E-state index in [1.54, 1.807) is 12.4 Å². The quantitative estimate of drug-likeness (QED) is 0.814. The lowest BCUT2D eigenvalue weighted by Gasteiger charge is -2.18. The van der Waals surface area contributed by atoms with Crippen LogP contribution in [0.3, 0.4) is 0 Å². The summed E-state index contributed by atoms with van der Waals surface area (Å²) in [4.78, 5) is 18.9. The zero-order valence-electron chi connectivity index (χ0n) is 9.60. The average molecular weight is 237 g/mol. The largest absolute Gasteiger partial charge is 0.494 e. The fourth-order valence-electron chi connectivity index (χ4n) is 1.55. The summed E-state index contributed by atoms with van der Waals surface area (Å²) in [5, 5.41) is 2.83. The van der Waals surface area contributed by atoms with E-state index >= 15 is 0 Å². The summed E-state index contributed by atoms with van der Waals surface area (Å²) in [5.41, 5.74) is 0. The van der Waals surface area contributed by atoms with Gasteiger partial charge in [0.05, 0.1) is 6.04 Å². The molecule has 1 aliphatic heterocycles. The fourth-order valence-corrected chi connectivity index (χ4v) is 1.55. The average Bonchev–Trinajstić information content (AvgIpc) is 2.90. The highest BCUT2D eigenvalue weighted by molar-refractivity contribution is 5.91. The predicted molar refractivity (Wildman–Crippen MR) is 59.7 cm³/mol. The maximum absolute atomic E-state index is 11.8. The van der Waals surface area contributed by atoms with Crippen LogP contribution in [0.4, 0.5) is 0 Å². The Morgan fingerprint density at radius 2 is 2.53 bits per heavy atom. The number of hydrogen-bond acceptors (Lipinski definition) is 4. The molecule has 0 aromatic carbocycles. The molecule has 17 heavy (non-hydrogen) atoms. The highest BCUT2D eigenvalue weighted by Gasteiger charge is 2.20. The first-order valence-electron chi connectivity index (χ1n) is 5.56. The molecule has 6 heteroatoms. The highest BCUT2D eigenvalue weighted by Crippen LogP contribution is 2.13. The van der Waals surface area contributed by atoms with Crippen molar-refractivity contribution in [1.29, 1.82) is 0 Å². The van der Waals surface area contributed by atoms with Gasteiger partial charge in [-0.2, -0.15) is 0 Å². The number of imidazole rings is 1. The van der Waals surface area contributed by atoms with Gasteiger partial charge in [-0.05, 0) is 6.42 Å². The maximum atomic E-state index is 11.8. The van der Waals surface area contributed by atoms with Gasteiger partial charge in [0.15, 0.2) is 0 Å². The summed E-state index contributed by atoms with van der Waals surface area (Å²) in [6, 6.07) is -0.149. The van der Waals surface area contributed by atoms with Crippen molar-refractivity contribution in [2.45, 2.75) is 19.4 Å². The number of aromatic nitrogens is 2. The minimum absolute atomic E-state index is 0.149. The Morgan fingerprint density at radius 1 is 1.65 bits per heavy atom. The molecule has 1 amide bonds. The molecule has 0 fully saturated rings. The molecule has 0 spiro atoms. The lowest BCUT2D eigenvalue weighted by molar-refractivity contribution is -0.123. The number of nitrogens with one attached hydrogen (secondary N) is 2. The summed E-state index contributed by atoms with van der Waals surface area (Å²) in [6.07, 6.45) is 5.47. The van der Waals surface area contributed by atoms with E-state index in [0.717, 1.165) is 12.2 Å². The van der Waals surface area contributed by atoms with Crippen LogP contribution >= 0.6 is 0 Å². The molecule has 0 saturated carbocycles. The Labute approximate surface area is 99.0 Å². The number of H-pyrrole nitrogens is 1. The number of nitrogens with zero attached hydrogens (tertiary/aromatic N) is 1. The van der Waals surface area contributed by atoms with Crippen LogP contribution in [0.5, 0.6) is 0 Å². The van der Waals surface area contributed by atoms with Gasteiger partial charge < -0.3 is 19.8 Å². The Kier molecular flexibility index (Phi) is 3.64. The van der Waals surface area contributed by atoms with Gasteiger partial charge in [0, 0.05) is 12.4 Å². The third-order valence-electron chi connectivity index (χ3n) is 2.44. The second-order valence-electron chi connectivity index (χ2n) is 3.61. The number of ether oxygens (including phenoxy) is 2. The summed E-state index contributed by atoms with van der Waals surface area (Å²) in [6.45, 7) is 2.85. The molecule has 2 rings (SSSR count). The highest BCUT2D eigenvalue weighted by atomic mass is 16.6. The minimum atomic E-state index is -0.284. The van der Waals surface area contributed by atoms with E-state index in [0.29, 0.717) is 13.2 Å². The monoisotopic (exact) mass is 237 g/mol. The summed E-state index contributed by atoms with van der Waals surface area (Å²) < 4.78 is 10.2. The Balaban J connectivity index is 1.99. The lowest BCUT2D eigenvalue weighted by Crippen LogP contribution is -2.32. The van der Waals surface area contributed by atoms with Crippen LogP contribution in [0.1, 0.15) is 25.2 Å². The SMILES string of the molecule is CCC(NC(=O)C1=COCCO1)c1ncc[nH]1. The van der Waals surface area contributed by atoms with Crippen molar-refractivity contribution in [2.75, 3.05) is 13.2 Å². The Hall–Kier alpha value is -1.98. The summed E-state index contributed by atoms with van der Waals surface area (Å²) in [5.74, 6) is 0.660. The molecule has 2 heterocycles. The van der Waals surface area contributed by atoms with E-state index < -0.39 is 0 Å². The van der Waals surface area contributed by atoms with Crippen molar-refractivity contribution in [3.8, 4) is 0 Å². The van der Waals surface area contributed by atoms with E-state index in [2.05, 4.69) is 15.3 Å². The van der Waals surface area contributed by atoms with E-state index in [4.69, 9.17) is 9.47 Å². The van der Waals surface area contributed by atoms with Crippen LogP contribution in [0.25, 0.3) is 0 Å². The molecule has 0 radical (unpaired) electrons. The van der Waals surface area contributed by atoms with Crippen LogP contribution in [-0.4, -0.2) is 29.1 Å². The van der Waals surface area contributed by atoms with Gasteiger partial charge in [0.25, 0.3) is 5.91 Å². The summed E-state index contributed by atoms with van der Waals surface area (Å²) in [7, 11) is 0. The van der Waals surface area contributed by atoms with Gasteiger partial charge in [0.1, 0.15) is 25.3 Å². The van der Waals surface area contributed by atoms with Gasteiger partial charge in [0.2, 0.25) is 5.76 Å². The fraction of sp³-hybridized carbons (Fsp3) is 0.455. The number of amides is 1. The van der Waals surface area contributed by atoms with E-state index in [1.165, 1.54) is 6.26 Å². The van der Waals surface area contributed by atoms with Gasteiger partial charge in [-0.25, -0.2) is 4.98 Å². The third-order valence-corrected chi connectivity index (χ3v) is 2.44. The first-order chi connectivity index (χ1) is 8.31. The molecule has 0 aliphatic carbocycles. The number of aromatic amines is 1. The zero-order valence-corrected chi connectivity index (χ0v) is 9.60. The molecule has 1 unspecified atom stereocenters. The van der Waals surface area contributed by atoms with Gasteiger partial charge in [-0.15, -0.1) is 0 Å². The predicted octanol–water partition coefficient (Wildman–Crippen LogP) is 0.865. The first kappa shape index (κ1) is 11.5. The number of rotatable bonds is 4. The van der Waals surface area contributed by atoms with Crippen LogP contribution in [0.2, 0.25) is 0 Å². The third kappa shape index (κ3) is 2.77. The molecular weight excluding hydrogens is 222 g/mol. The molecule has 1 aliphatic rings. The van der Waals surface area contributed by atoms with Crippen LogP contribution in [-0.2, 0) is 14.3 Å². The first-order valence-corrected chi connectivity index (χ1v) is 5.56. The number of hydrogen-bond donors (Lipinski definition) is 2. The topological polar surface area (TPSA) is 76.2 Å². The van der Waals surface area contributed by atoms with Crippen molar-refractivity contribution >= 4 is 5.91 Å². The normalized spacial score (nSPS) is 16.4. The van der Waals surface area contributed by atoms with Crippen molar-refractivity contribution in [3.63, 3.8) is 0 Å². The lowest BCUT2D eigenvalue weighted by atomic mass is 10.2. The van der Waals surface area contributed by atoms with Gasteiger partial charge >= 0.3 is 0 Å². The molecule has 2 N–H and O–H groups in total. The van der Waals surface area contributed by atoms with E-state index in [-0.39, 0.29) is 17.7 Å². The molecule has 6 nitrogen and oxygen atoms in total. The zero-order chi connectivity index (χ0) is 12.1. The smallest absolute Gasteiger partial charge is 0.290 e. The van der Waals surface area contributed by atoms with Crippen LogP contribution < -0.4 is 5.32 Å². The molecule has 1 aromatic heterocycles. The molecule has 92 valence electrons. The molecule has 1 atom stereocenters. The molecule has 0 bridgehead atoms. The summed E-state index contributed by atoms with van der Waals surface area (Å²) >= 11 is 0. The van der Waals surface area contributed by atoms with Crippen molar-refractivity contribution < 1.29 is 14.3 Å². The second-order valence-corrected chi connectivity index (χ2v) is 3.61. The van der Waals surface area contributed by atoms with Crippen molar-refractivity contribution in [3.05, 3.63) is 30.2 Å². The molecule has 0 saturated heterocycles. The minimum Gasteiger partial charge on any atom is -0.494 e. The van der Waals surface area contributed by atoms with Crippen molar-refractivity contribution in [1.82, 2.24) is 15.3 Å². The van der Waals surface area contributed by atoms with Gasteiger partial charge in [-0.1, -0.05) is 6.92 Å². The molecule has 1 aromatic rings.